The summed E-state index contributed by atoms with van der Waals surface area (Å²) < 4.78 is 43.9. The summed E-state index contributed by atoms with van der Waals surface area (Å²) in [4.78, 5) is 23.9. The molecule has 0 unspecified atom stereocenters. The minimum absolute atomic E-state index is 0.153. The Morgan fingerprint density at radius 3 is 2.61 bits per heavy atom. The largest absolute Gasteiger partial charge is 0.573 e. The van der Waals surface area contributed by atoms with Gasteiger partial charge in [-0.25, -0.2) is 9.97 Å². The molecule has 192 valence electrons. The van der Waals surface area contributed by atoms with E-state index in [-0.39, 0.29) is 11.7 Å². The Balaban J connectivity index is 1.45. The van der Waals surface area contributed by atoms with Gasteiger partial charge in [-0.05, 0) is 56.4 Å². The number of amides is 1. The Labute approximate surface area is 210 Å². The lowest BCUT2D eigenvalue weighted by Crippen LogP contribution is -2.29. The second kappa shape index (κ2) is 10.7. The lowest BCUT2D eigenvalue weighted by Gasteiger charge is -2.17. The number of carbonyl (C=O) groups excluding carboxylic acids is 1. The Hall–Kier alpha value is -3.38. The Morgan fingerprint density at radius 2 is 1.89 bits per heavy atom. The van der Waals surface area contributed by atoms with Crippen molar-refractivity contribution in [3.05, 3.63) is 42.0 Å². The monoisotopic (exact) mass is 520 g/mol. The molecule has 0 aliphatic rings. The van der Waals surface area contributed by atoms with Crippen molar-refractivity contribution in [2.24, 2.45) is 7.05 Å². The van der Waals surface area contributed by atoms with Crippen molar-refractivity contribution >= 4 is 49.6 Å². The topological polar surface area (TPSA) is 84.3 Å². The molecule has 0 aliphatic carbocycles. The molecule has 2 N–H and O–H groups in total. The van der Waals surface area contributed by atoms with E-state index >= 15 is 0 Å². The van der Waals surface area contributed by atoms with Gasteiger partial charge in [0.05, 0.1) is 21.3 Å². The molecule has 12 heteroatoms. The van der Waals surface area contributed by atoms with Crippen LogP contribution in [0.5, 0.6) is 5.75 Å². The highest BCUT2D eigenvalue weighted by atomic mass is 32.1. The Bertz CT molecular complexity index is 1360. The van der Waals surface area contributed by atoms with Crippen LogP contribution in [0.2, 0.25) is 0 Å². The van der Waals surface area contributed by atoms with Gasteiger partial charge in [-0.15, -0.1) is 13.2 Å². The average Bonchev–Trinajstić information content (AvgIpc) is 3.37. The molecule has 0 saturated carbocycles. The van der Waals surface area contributed by atoms with Gasteiger partial charge in [0.1, 0.15) is 5.75 Å². The van der Waals surface area contributed by atoms with E-state index in [1.165, 1.54) is 29.5 Å². The molecule has 4 aromatic rings. The molecule has 2 heterocycles. The number of benzene rings is 2. The van der Waals surface area contributed by atoms with Crippen molar-refractivity contribution in [3.63, 3.8) is 0 Å². The number of thiazole rings is 1. The van der Waals surface area contributed by atoms with Crippen molar-refractivity contribution in [2.45, 2.75) is 26.6 Å². The lowest BCUT2D eigenvalue weighted by molar-refractivity contribution is -0.274. The molecule has 0 fully saturated rings. The summed E-state index contributed by atoms with van der Waals surface area (Å²) in [6, 6.07) is 9.32. The zero-order valence-corrected chi connectivity index (χ0v) is 21.0. The molecule has 0 bridgehead atoms. The van der Waals surface area contributed by atoms with Crippen LogP contribution in [0.4, 0.5) is 24.3 Å². The van der Waals surface area contributed by atoms with Crippen LogP contribution >= 0.6 is 11.3 Å². The summed E-state index contributed by atoms with van der Waals surface area (Å²) in [5.74, 6) is 0.0408. The summed E-state index contributed by atoms with van der Waals surface area (Å²) in [6.45, 7) is 7.74. The molecule has 1 amide bonds. The van der Waals surface area contributed by atoms with E-state index in [4.69, 9.17) is 0 Å². The van der Waals surface area contributed by atoms with E-state index in [0.717, 1.165) is 31.6 Å². The van der Waals surface area contributed by atoms with E-state index < -0.39 is 6.36 Å². The van der Waals surface area contributed by atoms with Crippen LogP contribution in [0.15, 0.2) is 36.4 Å². The molecule has 2 aromatic heterocycles. The van der Waals surface area contributed by atoms with Gasteiger partial charge in [-0.1, -0.05) is 25.2 Å². The number of imidazole rings is 1. The summed E-state index contributed by atoms with van der Waals surface area (Å²) >= 11 is 1.18. The number of rotatable bonds is 10. The van der Waals surface area contributed by atoms with Crippen molar-refractivity contribution in [2.75, 3.05) is 31.5 Å². The van der Waals surface area contributed by atoms with E-state index in [0.29, 0.717) is 38.9 Å². The number of nitrogens with zero attached hydrogens (tertiary/aromatic N) is 4. The van der Waals surface area contributed by atoms with Crippen LogP contribution in [-0.4, -0.2) is 57.9 Å². The normalized spacial score (nSPS) is 12.0. The first-order chi connectivity index (χ1) is 17.2. The zero-order valence-electron chi connectivity index (χ0n) is 20.1. The summed E-state index contributed by atoms with van der Waals surface area (Å²) in [5.41, 5.74) is 2.51. The first-order valence-corrected chi connectivity index (χ1v) is 12.4. The number of hydrogen-bond acceptors (Lipinski definition) is 7. The highest BCUT2D eigenvalue weighted by Crippen LogP contribution is 2.33. The van der Waals surface area contributed by atoms with Crippen LogP contribution < -0.4 is 15.4 Å². The number of anilines is 2. The summed E-state index contributed by atoms with van der Waals surface area (Å²) in [7, 11) is 1.83. The number of alkyl halides is 3. The van der Waals surface area contributed by atoms with Gasteiger partial charge in [0.25, 0.3) is 5.91 Å². The van der Waals surface area contributed by atoms with Crippen molar-refractivity contribution < 1.29 is 22.7 Å². The molecule has 0 saturated heterocycles. The molecule has 0 radical (unpaired) electrons. The van der Waals surface area contributed by atoms with Gasteiger partial charge in [0.2, 0.25) is 5.95 Å². The number of carbonyl (C=O) groups is 1. The van der Waals surface area contributed by atoms with E-state index in [2.05, 4.69) is 44.1 Å². The maximum atomic E-state index is 12.6. The molecular weight excluding hydrogens is 493 g/mol. The second-order valence-corrected chi connectivity index (χ2v) is 9.19. The predicted molar refractivity (Wildman–Crippen MR) is 135 cm³/mol. The molecule has 0 atom stereocenters. The Kier molecular flexibility index (Phi) is 7.65. The van der Waals surface area contributed by atoms with Gasteiger partial charge in [-0.3, -0.25) is 4.79 Å². The number of aromatic nitrogens is 3. The fourth-order valence-electron chi connectivity index (χ4n) is 3.85. The maximum absolute atomic E-state index is 12.6. The highest BCUT2D eigenvalue weighted by Gasteiger charge is 2.31. The number of nitrogens with one attached hydrogen (secondary N) is 2. The lowest BCUT2D eigenvalue weighted by atomic mass is 10.2. The third kappa shape index (κ3) is 6.05. The van der Waals surface area contributed by atoms with Crippen LogP contribution in [0, 0.1) is 0 Å². The quantitative estimate of drug-likeness (QED) is 0.277. The second-order valence-electron chi connectivity index (χ2n) is 8.16. The number of aryl methyl sites for hydroxylation is 1. The minimum Gasteiger partial charge on any atom is -0.406 e. The van der Waals surface area contributed by atoms with Crippen molar-refractivity contribution in [1.82, 2.24) is 24.8 Å². The maximum Gasteiger partial charge on any atom is 0.573 e. The van der Waals surface area contributed by atoms with E-state index in [1.54, 1.807) is 12.1 Å². The first kappa shape index (κ1) is 25.7. The van der Waals surface area contributed by atoms with Crippen LogP contribution in [0.1, 0.15) is 30.6 Å². The summed E-state index contributed by atoms with van der Waals surface area (Å²) in [6.07, 6.45) is -3.88. The van der Waals surface area contributed by atoms with Gasteiger partial charge in [-0.2, -0.15) is 0 Å². The van der Waals surface area contributed by atoms with Crippen molar-refractivity contribution in [1.29, 1.82) is 0 Å². The molecule has 0 spiro atoms. The van der Waals surface area contributed by atoms with Crippen LogP contribution in [0.3, 0.4) is 0 Å². The predicted octanol–water partition coefficient (Wildman–Crippen LogP) is 5.29. The van der Waals surface area contributed by atoms with Gasteiger partial charge in [0.15, 0.2) is 5.13 Å². The molecule has 4 rings (SSSR count). The Morgan fingerprint density at radius 1 is 1.11 bits per heavy atom. The van der Waals surface area contributed by atoms with E-state index in [1.807, 2.05) is 17.7 Å². The van der Waals surface area contributed by atoms with Crippen molar-refractivity contribution in [3.8, 4) is 5.75 Å². The average molecular weight is 521 g/mol. The van der Waals surface area contributed by atoms with Crippen LogP contribution in [-0.2, 0) is 7.05 Å². The van der Waals surface area contributed by atoms with Crippen LogP contribution in [0.25, 0.3) is 21.3 Å². The molecule has 8 nitrogen and oxygen atoms in total. The third-order valence-electron chi connectivity index (χ3n) is 5.79. The number of fused-ring (bicyclic) bond motifs is 2. The summed E-state index contributed by atoms with van der Waals surface area (Å²) in [5, 5.41) is 6.55. The smallest absolute Gasteiger partial charge is 0.406 e. The molecule has 2 aromatic carbocycles. The fraction of sp³-hybridized carbons (Fsp3) is 0.375. The molecule has 0 aliphatic heterocycles. The minimum atomic E-state index is -4.76. The number of hydrogen-bond donors (Lipinski definition) is 2. The van der Waals surface area contributed by atoms with E-state index in [9.17, 15) is 18.0 Å². The first-order valence-electron chi connectivity index (χ1n) is 11.6. The van der Waals surface area contributed by atoms with Gasteiger partial charge >= 0.3 is 6.36 Å². The number of ether oxygens (including phenoxy) is 1. The zero-order chi connectivity index (χ0) is 25.9. The number of halogens is 3. The molecular formula is C24H27F3N6O2S. The highest BCUT2D eigenvalue weighted by molar-refractivity contribution is 7.22. The standard InChI is InChI=1S/C24H27F3N6O2S/c1-4-33(5-2)12-6-11-28-21(34)15-7-10-19-18(13-15)29-22(32(19)3)31-23-30-17-9-8-16(14-20(17)36-23)35-24(25,26)27/h7-10,13-14H,4-6,11-12H2,1-3H3,(H,28,34)(H,29,30,31). The van der Waals surface area contributed by atoms with Gasteiger partial charge < -0.3 is 24.8 Å². The molecule has 36 heavy (non-hydrogen) atoms. The third-order valence-corrected chi connectivity index (χ3v) is 6.72. The SMILES string of the molecule is CCN(CC)CCCNC(=O)c1ccc2c(c1)nc(Nc1nc3ccc(OC(F)(F)F)cc3s1)n2C. The fourth-order valence-corrected chi connectivity index (χ4v) is 4.74. The van der Waals surface area contributed by atoms with Gasteiger partial charge in [0, 0.05) is 25.2 Å².